The summed E-state index contributed by atoms with van der Waals surface area (Å²) in [5, 5.41) is 9.06. The second-order valence-electron chi connectivity index (χ2n) is 10.1. The zero-order valence-electron chi connectivity index (χ0n) is 20.3. The second-order valence-corrected chi connectivity index (χ2v) is 12.7. The Morgan fingerprint density at radius 2 is 1.82 bits per heavy atom. The molecule has 3 unspecified atom stereocenters. The molecule has 1 aromatic heterocycles. The Bertz CT molecular complexity index is 1000. The summed E-state index contributed by atoms with van der Waals surface area (Å²) in [6, 6.07) is 7.68. The number of aryl methyl sites for hydroxylation is 2. The normalized spacial score (nSPS) is 21.5. The maximum Gasteiger partial charge on any atom is 0.327 e. The third kappa shape index (κ3) is 5.64. The first-order chi connectivity index (χ1) is 15.4. The number of esters is 1. The van der Waals surface area contributed by atoms with Crippen molar-refractivity contribution in [2.45, 2.75) is 82.0 Å². The van der Waals surface area contributed by atoms with Crippen molar-refractivity contribution in [3.8, 4) is 0 Å². The number of benzene rings is 1. The first kappa shape index (κ1) is 25.8. The molecule has 0 radical (unpaired) electrons. The van der Waals surface area contributed by atoms with Crippen LogP contribution < -0.4 is 5.73 Å². The molecule has 0 aliphatic carbocycles. The average Bonchev–Trinajstić information content (AvgIpc) is 3.06. The first-order valence-electron chi connectivity index (χ1n) is 11.4. The molecule has 7 heteroatoms. The highest BCUT2D eigenvalue weighted by atomic mass is 32.2. The summed E-state index contributed by atoms with van der Waals surface area (Å²) >= 11 is 2.83. The lowest BCUT2D eigenvalue weighted by Gasteiger charge is -2.36. The van der Waals surface area contributed by atoms with Gasteiger partial charge in [0.1, 0.15) is 6.10 Å². The largest absolute Gasteiger partial charge is 0.460 e. The molecule has 3 atom stereocenters. The molecule has 1 aliphatic rings. The van der Waals surface area contributed by atoms with Crippen LogP contribution in [-0.4, -0.2) is 28.2 Å². The van der Waals surface area contributed by atoms with Crippen LogP contribution in [0.1, 0.15) is 62.6 Å². The molecular weight excluding hydrogens is 454 g/mol. The highest BCUT2D eigenvalue weighted by molar-refractivity contribution is 8.03. The Morgan fingerprint density at radius 3 is 2.36 bits per heavy atom. The molecule has 180 valence electrons. The van der Waals surface area contributed by atoms with Gasteiger partial charge in [0.25, 0.3) is 0 Å². The minimum Gasteiger partial charge on any atom is -0.460 e. The van der Waals surface area contributed by atoms with Gasteiger partial charge in [-0.1, -0.05) is 58.5 Å². The number of cyclic esters (lactones) is 1. The van der Waals surface area contributed by atoms with Crippen LogP contribution in [0.2, 0.25) is 0 Å². The Hall–Kier alpha value is -1.83. The van der Waals surface area contributed by atoms with E-state index in [1.807, 2.05) is 45.0 Å². The van der Waals surface area contributed by atoms with E-state index in [4.69, 9.17) is 10.5 Å². The average molecular weight is 490 g/mol. The molecule has 0 amide bonds. The van der Waals surface area contributed by atoms with Crippen molar-refractivity contribution in [1.82, 2.24) is 0 Å². The van der Waals surface area contributed by atoms with Crippen LogP contribution in [0.3, 0.4) is 0 Å². The smallest absolute Gasteiger partial charge is 0.327 e. The molecule has 3 rings (SSSR count). The number of nitrogens with two attached hydrogens (primary N) is 1. The number of thiophene rings is 1. The number of nitrogen functional groups attached to an aromatic ring is 1. The first-order valence-corrected chi connectivity index (χ1v) is 13.1. The zero-order valence-corrected chi connectivity index (χ0v) is 21.9. The van der Waals surface area contributed by atoms with Gasteiger partial charge < -0.3 is 15.6 Å². The van der Waals surface area contributed by atoms with Gasteiger partial charge in [0, 0.05) is 10.6 Å². The van der Waals surface area contributed by atoms with Gasteiger partial charge in [0.2, 0.25) is 0 Å². The summed E-state index contributed by atoms with van der Waals surface area (Å²) in [6.07, 6.45) is 0.915. The molecule has 0 bridgehead atoms. The van der Waals surface area contributed by atoms with E-state index in [1.54, 1.807) is 11.3 Å². The summed E-state index contributed by atoms with van der Waals surface area (Å²) < 4.78 is 6.78. The molecule has 1 aliphatic heterocycles. The Kier molecular flexibility index (Phi) is 7.97. The summed E-state index contributed by atoms with van der Waals surface area (Å²) in [7, 11) is 0. The molecule has 0 spiro atoms. The van der Waals surface area contributed by atoms with E-state index in [0.717, 1.165) is 32.2 Å². The minimum atomic E-state index is -0.887. The standard InChI is InChI=1S/C26H35NO4S2/c1-14(2)22-18(12-9-16-7-10-17(27)11-8-16)21(29)23(24(30)31-22)33-25-20(26(4,5)6)19(13-28)15(3)32-25/h7-8,10-11,14,18,22-23,28H,9,12-13,27H2,1-6H3. The fourth-order valence-electron chi connectivity index (χ4n) is 4.46. The number of aliphatic hydroxyl groups excluding tert-OH is 1. The predicted molar refractivity (Wildman–Crippen MR) is 136 cm³/mol. The van der Waals surface area contributed by atoms with Gasteiger partial charge in [-0.25, -0.2) is 0 Å². The van der Waals surface area contributed by atoms with Gasteiger partial charge in [-0.2, -0.15) is 0 Å². The molecule has 2 aromatic rings. The van der Waals surface area contributed by atoms with Crippen LogP contribution in [0.15, 0.2) is 28.5 Å². The number of thioether (sulfide) groups is 1. The van der Waals surface area contributed by atoms with E-state index >= 15 is 0 Å². The van der Waals surface area contributed by atoms with Crippen LogP contribution in [0, 0.1) is 18.8 Å². The van der Waals surface area contributed by atoms with E-state index < -0.39 is 17.3 Å². The molecule has 0 saturated carbocycles. The molecule has 3 N–H and O–H groups in total. The van der Waals surface area contributed by atoms with Crippen LogP contribution in [0.25, 0.3) is 0 Å². The lowest BCUT2D eigenvalue weighted by molar-refractivity contribution is -0.165. The number of carbonyl (C=O) groups excluding carboxylic acids is 2. The SMILES string of the molecule is Cc1sc(SC2C(=O)OC(C(C)C)C(CCc3ccc(N)cc3)C2=O)c(C(C)(C)C)c1CO. The third-order valence-corrected chi connectivity index (χ3v) is 8.74. The number of aliphatic hydroxyl groups is 1. The van der Waals surface area contributed by atoms with E-state index in [0.29, 0.717) is 12.1 Å². The summed E-state index contributed by atoms with van der Waals surface area (Å²) in [6.45, 7) is 12.2. The molecule has 33 heavy (non-hydrogen) atoms. The number of ketones is 1. The van der Waals surface area contributed by atoms with Crippen molar-refractivity contribution in [2.24, 2.45) is 11.8 Å². The van der Waals surface area contributed by atoms with Gasteiger partial charge in [-0.3, -0.25) is 9.59 Å². The Balaban J connectivity index is 1.88. The van der Waals surface area contributed by atoms with Crippen LogP contribution in [0.5, 0.6) is 0 Å². The van der Waals surface area contributed by atoms with E-state index in [1.165, 1.54) is 11.8 Å². The minimum absolute atomic E-state index is 0.0513. The summed E-state index contributed by atoms with van der Waals surface area (Å²) in [4.78, 5) is 27.7. The third-order valence-electron chi connectivity index (χ3n) is 6.18. The van der Waals surface area contributed by atoms with Gasteiger partial charge in [-0.05, 0) is 59.9 Å². The van der Waals surface area contributed by atoms with Gasteiger partial charge in [0.15, 0.2) is 11.0 Å². The number of Topliss-reactive ketones (excluding diaryl/α,β-unsaturated/α-hetero) is 1. The van der Waals surface area contributed by atoms with Crippen LogP contribution in [0.4, 0.5) is 5.69 Å². The molecule has 1 saturated heterocycles. The van der Waals surface area contributed by atoms with E-state index in [2.05, 4.69) is 20.8 Å². The Labute approximate surface area is 205 Å². The maximum absolute atomic E-state index is 13.7. The van der Waals surface area contributed by atoms with Crippen LogP contribution >= 0.6 is 23.1 Å². The molecule has 5 nitrogen and oxygen atoms in total. The van der Waals surface area contributed by atoms with Crippen molar-refractivity contribution >= 4 is 40.5 Å². The number of ether oxygens (including phenoxy) is 1. The fraction of sp³-hybridized carbons (Fsp3) is 0.538. The quantitative estimate of drug-likeness (QED) is 0.312. The van der Waals surface area contributed by atoms with E-state index in [9.17, 15) is 14.7 Å². The van der Waals surface area contributed by atoms with Crippen LogP contribution in [-0.2, 0) is 32.8 Å². The topological polar surface area (TPSA) is 89.6 Å². The lowest BCUT2D eigenvalue weighted by Crippen LogP contribution is -2.50. The maximum atomic E-state index is 13.7. The second kappa shape index (κ2) is 10.2. The van der Waals surface area contributed by atoms with Crippen molar-refractivity contribution in [2.75, 3.05) is 5.73 Å². The zero-order chi connectivity index (χ0) is 24.5. The highest BCUT2D eigenvalue weighted by Gasteiger charge is 2.47. The van der Waals surface area contributed by atoms with Gasteiger partial charge >= 0.3 is 5.97 Å². The van der Waals surface area contributed by atoms with E-state index in [-0.39, 0.29) is 29.6 Å². The number of hydrogen-bond acceptors (Lipinski definition) is 7. The Morgan fingerprint density at radius 1 is 1.18 bits per heavy atom. The van der Waals surface area contributed by atoms with Gasteiger partial charge in [-0.15, -0.1) is 11.3 Å². The predicted octanol–water partition coefficient (Wildman–Crippen LogP) is 5.29. The van der Waals surface area contributed by atoms with Crippen molar-refractivity contribution in [3.05, 3.63) is 45.8 Å². The molecular formula is C26H35NO4S2. The number of carbonyl (C=O) groups is 2. The molecule has 2 heterocycles. The monoisotopic (exact) mass is 489 g/mol. The van der Waals surface area contributed by atoms with Crippen molar-refractivity contribution < 1.29 is 19.4 Å². The fourth-order valence-corrected chi connectivity index (χ4v) is 7.62. The lowest BCUT2D eigenvalue weighted by atomic mass is 9.82. The number of rotatable bonds is 7. The summed E-state index contributed by atoms with van der Waals surface area (Å²) in [5.41, 5.74) is 9.30. The number of hydrogen-bond donors (Lipinski definition) is 2. The van der Waals surface area contributed by atoms with Gasteiger partial charge in [0.05, 0.1) is 16.7 Å². The molecule has 1 fully saturated rings. The highest BCUT2D eigenvalue weighted by Crippen LogP contribution is 2.46. The van der Waals surface area contributed by atoms with Crippen molar-refractivity contribution in [3.63, 3.8) is 0 Å². The summed E-state index contributed by atoms with van der Waals surface area (Å²) in [5.74, 6) is -0.810. The molecule has 1 aromatic carbocycles. The number of anilines is 1. The van der Waals surface area contributed by atoms with Crippen molar-refractivity contribution in [1.29, 1.82) is 0 Å².